The van der Waals surface area contributed by atoms with Crippen LogP contribution in [0.2, 0.25) is 0 Å². The van der Waals surface area contributed by atoms with Gasteiger partial charge in [-0.3, -0.25) is 4.79 Å². The molecule has 2 rings (SSSR count). The van der Waals surface area contributed by atoms with Gasteiger partial charge in [-0.15, -0.1) is 0 Å². The smallest absolute Gasteiger partial charge is 0.253 e. The predicted molar refractivity (Wildman–Crippen MR) is 81.2 cm³/mol. The zero-order valence-electron chi connectivity index (χ0n) is 11.4. The molecule has 1 amide bonds. The molecule has 1 heterocycles. The van der Waals surface area contributed by atoms with Gasteiger partial charge in [0.15, 0.2) is 0 Å². The van der Waals surface area contributed by atoms with Crippen LogP contribution in [0.3, 0.4) is 0 Å². The molecule has 0 aliphatic carbocycles. The van der Waals surface area contributed by atoms with Crippen molar-refractivity contribution in [1.82, 2.24) is 9.80 Å². The van der Waals surface area contributed by atoms with E-state index in [0.717, 1.165) is 30.4 Å². The number of carbonyl (C=O) groups excluding carboxylic acids is 1. The molecule has 1 saturated heterocycles. The average Bonchev–Trinajstić information content (AvgIpc) is 2.41. The third kappa shape index (κ3) is 3.28. The van der Waals surface area contributed by atoms with E-state index in [1.165, 1.54) is 0 Å². The van der Waals surface area contributed by atoms with Gasteiger partial charge in [0.05, 0.1) is 0 Å². The lowest BCUT2D eigenvalue weighted by molar-refractivity contribution is 0.0659. The largest absolute Gasteiger partial charge is 0.398 e. The van der Waals surface area contributed by atoms with Gasteiger partial charge in [-0.25, -0.2) is 0 Å². The van der Waals surface area contributed by atoms with E-state index in [1.54, 1.807) is 6.07 Å². The molecular weight excluding hydrogens is 306 g/mol. The first kappa shape index (κ1) is 14.3. The summed E-state index contributed by atoms with van der Waals surface area (Å²) in [5, 5.41) is 0. The van der Waals surface area contributed by atoms with Gasteiger partial charge < -0.3 is 15.5 Å². The number of likely N-dealkylation sites (tertiary alicyclic amines) is 1. The van der Waals surface area contributed by atoms with Crippen molar-refractivity contribution in [2.24, 2.45) is 0 Å². The van der Waals surface area contributed by atoms with Crippen LogP contribution in [0.25, 0.3) is 0 Å². The van der Waals surface area contributed by atoms with Gasteiger partial charge in [-0.05, 0) is 67.1 Å². The molecule has 1 aliphatic rings. The van der Waals surface area contributed by atoms with Gasteiger partial charge in [0.1, 0.15) is 0 Å². The molecule has 19 heavy (non-hydrogen) atoms. The molecule has 0 radical (unpaired) electrons. The molecule has 5 heteroatoms. The number of rotatable bonds is 2. The summed E-state index contributed by atoms with van der Waals surface area (Å²) in [6, 6.07) is 5.70. The van der Waals surface area contributed by atoms with E-state index in [-0.39, 0.29) is 5.91 Å². The fraction of sp³-hybridized carbons (Fsp3) is 0.500. The Morgan fingerprint density at radius 2 is 2.05 bits per heavy atom. The summed E-state index contributed by atoms with van der Waals surface area (Å²) in [6.45, 7) is 2.09. The third-order valence-electron chi connectivity index (χ3n) is 3.80. The molecule has 104 valence electrons. The number of halogens is 1. The normalized spacial score (nSPS) is 17.4. The Morgan fingerprint density at radius 3 is 2.63 bits per heavy atom. The minimum atomic E-state index is 0.0498. The van der Waals surface area contributed by atoms with E-state index in [4.69, 9.17) is 5.73 Å². The summed E-state index contributed by atoms with van der Waals surface area (Å²) < 4.78 is 0.825. The molecule has 0 atom stereocenters. The van der Waals surface area contributed by atoms with E-state index in [2.05, 4.69) is 27.9 Å². The van der Waals surface area contributed by atoms with Crippen molar-refractivity contribution in [3.8, 4) is 0 Å². The minimum Gasteiger partial charge on any atom is -0.398 e. The van der Waals surface area contributed by atoms with Gasteiger partial charge in [0.25, 0.3) is 5.91 Å². The maximum absolute atomic E-state index is 12.4. The summed E-state index contributed by atoms with van der Waals surface area (Å²) >= 11 is 3.34. The molecule has 0 bridgehead atoms. The van der Waals surface area contributed by atoms with E-state index in [9.17, 15) is 4.79 Å². The van der Waals surface area contributed by atoms with Gasteiger partial charge in [0, 0.05) is 28.8 Å². The van der Waals surface area contributed by atoms with E-state index in [0.29, 0.717) is 17.3 Å². The first-order chi connectivity index (χ1) is 8.99. The fourth-order valence-corrected chi connectivity index (χ4v) is 2.68. The lowest BCUT2D eigenvalue weighted by Crippen LogP contribution is -2.44. The van der Waals surface area contributed by atoms with E-state index in [1.807, 2.05) is 24.1 Å². The molecule has 1 aliphatic heterocycles. The number of benzene rings is 1. The van der Waals surface area contributed by atoms with Gasteiger partial charge in [-0.1, -0.05) is 0 Å². The number of piperidine rings is 1. The van der Waals surface area contributed by atoms with E-state index >= 15 is 0 Å². The van der Waals surface area contributed by atoms with E-state index < -0.39 is 0 Å². The van der Waals surface area contributed by atoms with Crippen LogP contribution in [-0.4, -0.2) is 48.9 Å². The number of amides is 1. The lowest BCUT2D eigenvalue weighted by atomic mass is 10.0. The van der Waals surface area contributed by atoms with Crippen molar-refractivity contribution in [3.05, 3.63) is 28.2 Å². The summed E-state index contributed by atoms with van der Waals surface area (Å²) in [7, 11) is 4.00. The topological polar surface area (TPSA) is 49.6 Å². The highest BCUT2D eigenvalue weighted by Gasteiger charge is 2.24. The number of hydrogen-bond acceptors (Lipinski definition) is 3. The molecule has 1 aromatic carbocycles. The number of nitrogen functional groups attached to an aromatic ring is 1. The number of nitrogens with two attached hydrogens (primary N) is 1. The lowest BCUT2D eigenvalue weighted by Gasteiger charge is -2.35. The van der Waals surface area contributed by atoms with Gasteiger partial charge >= 0.3 is 0 Å². The molecule has 2 N–H and O–H groups in total. The van der Waals surface area contributed by atoms with Crippen LogP contribution in [-0.2, 0) is 0 Å². The van der Waals surface area contributed by atoms with Crippen LogP contribution in [0, 0.1) is 0 Å². The molecule has 0 unspecified atom stereocenters. The Balaban J connectivity index is 2.08. The second-order valence-corrected chi connectivity index (χ2v) is 6.04. The summed E-state index contributed by atoms with van der Waals surface area (Å²) in [4.78, 5) is 16.6. The zero-order chi connectivity index (χ0) is 14.0. The zero-order valence-corrected chi connectivity index (χ0v) is 13.0. The second-order valence-electron chi connectivity index (χ2n) is 5.19. The Bertz CT molecular complexity index is 470. The predicted octanol–water partition coefficient (Wildman–Crippen LogP) is 2.20. The van der Waals surface area contributed by atoms with Crippen molar-refractivity contribution in [3.63, 3.8) is 0 Å². The first-order valence-corrected chi connectivity index (χ1v) is 7.29. The van der Waals surface area contributed by atoms with Crippen molar-refractivity contribution in [1.29, 1.82) is 0 Å². The van der Waals surface area contributed by atoms with Crippen LogP contribution in [0.15, 0.2) is 22.7 Å². The van der Waals surface area contributed by atoms with Crippen LogP contribution in [0.5, 0.6) is 0 Å². The monoisotopic (exact) mass is 325 g/mol. The van der Waals surface area contributed by atoms with Crippen molar-refractivity contribution >= 4 is 27.5 Å². The molecule has 0 spiro atoms. The Morgan fingerprint density at radius 1 is 1.42 bits per heavy atom. The van der Waals surface area contributed by atoms with Crippen LogP contribution in [0.4, 0.5) is 5.69 Å². The Kier molecular flexibility index (Phi) is 4.47. The van der Waals surface area contributed by atoms with Gasteiger partial charge in [-0.2, -0.15) is 0 Å². The quantitative estimate of drug-likeness (QED) is 0.848. The SMILES string of the molecule is CN1CCC(N(C)C(=O)c2ccc(Br)c(N)c2)CC1. The highest BCUT2D eigenvalue weighted by Crippen LogP contribution is 2.22. The van der Waals surface area contributed by atoms with Crippen LogP contribution >= 0.6 is 15.9 Å². The van der Waals surface area contributed by atoms with Gasteiger partial charge in [0.2, 0.25) is 0 Å². The van der Waals surface area contributed by atoms with Crippen molar-refractivity contribution < 1.29 is 4.79 Å². The average molecular weight is 326 g/mol. The molecule has 0 aromatic heterocycles. The highest BCUT2D eigenvalue weighted by molar-refractivity contribution is 9.10. The van der Waals surface area contributed by atoms with Crippen molar-refractivity contribution in [2.45, 2.75) is 18.9 Å². The summed E-state index contributed by atoms with van der Waals surface area (Å²) in [5.74, 6) is 0.0498. The molecule has 0 saturated carbocycles. The number of hydrogen-bond donors (Lipinski definition) is 1. The van der Waals surface area contributed by atoms with Crippen LogP contribution in [0.1, 0.15) is 23.2 Å². The molecule has 1 aromatic rings. The number of carbonyl (C=O) groups is 1. The maximum Gasteiger partial charge on any atom is 0.253 e. The Hall–Kier alpha value is -1.07. The highest BCUT2D eigenvalue weighted by atomic mass is 79.9. The second kappa shape index (κ2) is 5.92. The third-order valence-corrected chi connectivity index (χ3v) is 4.52. The Labute approximate surface area is 122 Å². The maximum atomic E-state index is 12.4. The standard InChI is InChI=1S/C14H20BrN3O/c1-17-7-5-11(6-8-17)18(2)14(19)10-3-4-12(15)13(16)9-10/h3-4,9,11H,5-8,16H2,1-2H3. The van der Waals surface area contributed by atoms with Crippen molar-refractivity contribution in [2.75, 3.05) is 32.9 Å². The number of anilines is 1. The molecular formula is C14H20BrN3O. The first-order valence-electron chi connectivity index (χ1n) is 6.50. The number of nitrogens with zero attached hydrogens (tertiary/aromatic N) is 2. The summed E-state index contributed by atoms with van der Waals surface area (Å²) in [5.41, 5.74) is 7.09. The summed E-state index contributed by atoms with van der Waals surface area (Å²) in [6.07, 6.45) is 2.06. The minimum absolute atomic E-state index is 0.0498. The van der Waals surface area contributed by atoms with Crippen LogP contribution < -0.4 is 5.73 Å². The molecule has 4 nitrogen and oxygen atoms in total. The molecule has 1 fully saturated rings. The fourth-order valence-electron chi connectivity index (χ4n) is 2.43.